The van der Waals surface area contributed by atoms with E-state index >= 15 is 0 Å². The molecule has 0 fully saturated rings. The van der Waals surface area contributed by atoms with E-state index in [4.69, 9.17) is 11.6 Å². The van der Waals surface area contributed by atoms with Crippen LogP contribution in [0.1, 0.15) is 27.0 Å². The summed E-state index contributed by atoms with van der Waals surface area (Å²) in [6, 6.07) is 17.8. The summed E-state index contributed by atoms with van der Waals surface area (Å²) in [5, 5.41) is 4.51. The van der Waals surface area contributed by atoms with E-state index in [1.165, 1.54) is 16.9 Å². The van der Waals surface area contributed by atoms with Gasteiger partial charge in [0, 0.05) is 17.1 Å². The molecule has 6 heteroatoms. The van der Waals surface area contributed by atoms with Gasteiger partial charge in [-0.3, -0.25) is 4.79 Å². The van der Waals surface area contributed by atoms with Crippen molar-refractivity contribution in [2.24, 2.45) is 0 Å². The first-order chi connectivity index (χ1) is 13.0. The molecule has 1 atom stereocenters. The topological polar surface area (TPSA) is 45.2 Å². The van der Waals surface area contributed by atoms with E-state index in [-0.39, 0.29) is 11.9 Å². The number of aromatic nitrogens is 1. The molecule has 4 nitrogen and oxygen atoms in total. The van der Waals surface area contributed by atoms with Crippen molar-refractivity contribution in [2.75, 3.05) is 20.6 Å². The molecule has 1 aromatic heterocycles. The monoisotopic (exact) mass is 399 g/mol. The molecule has 1 N–H and O–H groups in total. The van der Waals surface area contributed by atoms with Gasteiger partial charge in [0.25, 0.3) is 5.91 Å². The van der Waals surface area contributed by atoms with Gasteiger partial charge >= 0.3 is 0 Å². The Labute approximate surface area is 168 Å². The van der Waals surface area contributed by atoms with Crippen molar-refractivity contribution in [3.05, 3.63) is 75.8 Å². The van der Waals surface area contributed by atoms with E-state index < -0.39 is 0 Å². The van der Waals surface area contributed by atoms with Gasteiger partial charge < -0.3 is 10.2 Å². The Morgan fingerprint density at radius 3 is 2.59 bits per heavy atom. The zero-order chi connectivity index (χ0) is 19.4. The third kappa shape index (κ3) is 4.75. The number of hydrogen-bond acceptors (Lipinski definition) is 4. The van der Waals surface area contributed by atoms with Crippen LogP contribution in [0.5, 0.6) is 0 Å². The minimum atomic E-state index is -0.0962. The van der Waals surface area contributed by atoms with Crippen molar-refractivity contribution < 1.29 is 4.79 Å². The molecule has 3 rings (SSSR count). The molecular formula is C21H22ClN3OS. The molecule has 0 aliphatic heterocycles. The molecule has 0 unspecified atom stereocenters. The van der Waals surface area contributed by atoms with Gasteiger partial charge in [-0.1, -0.05) is 54.1 Å². The zero-order valence-electron chi connectivity index (χ0n) is 15.6. The van der Waals surface area contributed by atoms with Crippen molar-refractivity contribution in [3.63, 3.8) is 0 Å². The minimum absolute atomic E-state index is 0.0962. The summed E-state index contributed by atoms with van der Waals surface area (Å²) in [5.41, 5.74) is 2.82. The third-order valence-electron chi connectivity index (χ3n) is 4.34. The summed E-state index contributed by atoms with van der Waals surface area (Å²) in [6.07, 6.45) is 0. The molecule has 0 aliphatic carbocycles. The van der Waals surface area contributed by atoms with Crippen molar-refractivity contribution in [1.82, 2.24) is 15.2 Å². The second-order valence-electron chi connectivity index (χ2n) is 6.54. The van der Waals surface area contributed by atoms with E-state index in [1.54, 1.807) is 0 Å². The number of carbonyl (C=O) groups is 1. The fraction of sp³-hybridized carbons (Fsp3) is 0.238. The number of nitrogens with zero attached hydrogens (tertiary/aromatic N) is 2. The summed E-state index contributed by atoms with van der Waals surface area (Å²) in [5.74, 6) is -0.0962. The highest BCUT2D eigenvalue weighted by Crippen LogP contribution is 2.29. The van der Waals surface area contributed by atoms with E-state index in [1.807, 2.05) is 63.5 Å². The molecule has 0 aliphatic rings. The minimum Gasteiger partial charge on any atom is -0.349 e. The zero-order valence-corrected chi connectivity index (χ0v) is 17.1. The molecule has 1 amide bonds. The first-order valence-electron chi connectivity index (χ1n) is 8.68. The lowest BCUT2D eigenvalue weighted by Crippen LogP contribution is -2.34. The van der Waals surface area contributed by atoms with Gasteiger partial charge in [-0.25, -0.2) is 4.98 Å². The van der Waals surface area contributed by atoms with Crippen LogP contribution in [0.15, 0.2) is 54.6 Å². The average molecular weight is 400 g/mol. The van der Waals surface area contributed by atoms with Crippen LogP contribution in [0.25, 0.3) is 10.6 Å². The van der Waals surface area contributed by atoms with Crippen molar-refractivity contribution >= 4 is 28.8 Å². The van der Waals surface area contributed by atoms with Gasteiger partial charge in [0.2, 0.25) is 0 Å². The normalized spacial score (nSPS) is 12.2. The lowest BCUT2D eigenvalue weighted by Gasteiger charge is -2.25. The van der Waals surface area contributed by atoms with Crippen LogP contribution in [0.4, 0.5) is 0 Å². The van der Waals surface area contributed by atoms with Gasteiger partial charge in [0.1, 0.15) is 9.88 Å². The number of halogens is 1. The molecule has 3 aromatic rings. The standard InChI is InChI=1S/C21H22ClN3OS/c1-14-19(27-21(24-14)16-10-7-11-17(22)12-16)20(26)23-13-18(25(2)3)15-8-5-4-6-9-15/h4-12,18H,13H2,1-3H3,(H,23,26)/t18-/m1/s1. The number of carbonyl (C=O) groups excluding carboxylic acids is 1. The largest absolute Gasteiger partial charge is 0.349 e. The van der Waals surface area contributed by atoms with E-state index in [9.17, 15) is 4.79 Å². The Balaban J connectivity index is 1.74. The molecule has 1 heterocycles. The number of nitrogens with one attached hydrogen (secondary N) is 1. The van der Waals surface area contributed by atoms with E-state index in [0.29, 0.717) is 16.4 Å². The maximum atomic E-state index is 12.8. The number of thiazole rings is 1. The fourth-order valence-corrected chi connectivity index (χ4v) is 4.06. The molecular weight excluding hydrogens is 378 g/mol. The molecule has 0 spiro atoms. The Morgan fingerprint density at radius 1 is 1.19 bits per heavy atom. The number of amides is 1. The van der Waals surface area contributed by atoms with Crippen LogP contribution in [0.2, 0.25) is 5.02 Å². The Kier molecular flexibility index (Phi) is 6.26. The summed E-state index contributed by atoms with van der Waals surface area (Å²) < 4.78 is 0. The number of aryl methyl sites for hydroxylation is 1. The van der Waals surface area contributed by atoms with Crippen LogP contribution in [-0.4, -0.2) is 36.4 Å². The molecule has 27 heavy (non-hydrogen) atoms. The van der Waals surface area contributed by atoms with Gasteiger partial charge in [-0.05, 0) is 38.7 Å². The molecule has 0 saturated carbocycles. The van der Waals surface area contributed by atoms with Crippen LogP contribution >= 0.6 is 22.9 Å². The van der Waals surface area contributed by atoms with Crippen molar-refractivity contribution in [1.29, 1.82) is 0 Å². The molecule has 140 valence electrons. The first kappa shape index (κ1) is 19.5. The second kappa shape index (κ2) is 8.65. The van der Waals surface area contributed by atoms with Crippen LogP contribution < -0.4 is 5.32 Å². The molecule has 2 aromatic carbocycles. The average Bonchev–Trinajstić information content (AvgIpc) is 3.04. The summed E-state index contributed by atoms with van der Waals surface area (Å²) >= 11 is 7.46. The van der Waals surface area contributed by atoms with Gasteiger partial charge in [-0.2, -0.15) is 0 Å². The van der Waals surface area contributed by atoms with Crippen LogP contribution in [0.3, 0.4) is 0 Å². The summed E-state index contributed by atoms with van der Waals surface area (Å²) in [4.78, 5) is 20.0. The predicted octanol–water partition coefficient (Wildman–Crippen LogP) is 4.80. The van der Waals surface area contributed by atoms with Crippen LogP contribution in [0, 0.1) is 6.92 Å². The predicted molar refractivity (Wildman–Crippen MR) is 113 cm³/mol. The lowest BCUT2D eigenvalue weighted by molar-refractivity contribution is 0.0945. The summed E-state index contributed by atoms with van der Waals surface area (Å²) in [6.45, 7) is 2.39. The van der Waals surface area contributed by atoms with Gasteiger partial charge in [-0.15, -0.1) is 11.3 Å². The highest BCUT2D eigenvalue weighted by molar-refractivity contribution is 7.17. The highest BCUT2D eigenvalue weighted by atomic mass is 35.5. The SMILES string of the molecule is Cc1nc(-c2cccc(Cl)c2)sc1C(=O)NC[C@H](c1ccccc1)N(C)C. The third-order valence-corrected chi connectivity index (χ3v) is 5.78. The highest BCUT2D eigenvalue weighted by Gasteiger charge is 2.19. The second-order valence-corrected chi connectivity index (χ2v) is 7.98. The molecule has 0 bridgehead atoms. The first-order valence-corrected chi connectivity index (χ1v) is 9.88. The maximum Gasteiger partial charge on any atom is 0.263 e. The quantitative estimate of drug-likeness (QED) is 0.647. The maximum absolute atomic E-state index is 12.8. The van der Waals surface area contributed by atoms with Crippen LogP contribution in [-0.2, 0) is 0 Å². The number of rotatable bonds is 6. The number of benzene rings is 2. The van der Waals surface area contributed by atoms with Crippen molar-refractivity contribution in [2.45, 2.75) is 13.0 Å². The van der Waals surface area contributed by atoms with E-state index in [2.05, 4.69) is 27.3 Å². The summed E-state index contributed by atoms with van der Waals surface area (Å²) in [7, 11) is 4.03. The van der Waals surface area contributed by atoms with Gasteiger partial charge in [0.15, 0.2) is 0 Å². The molecule has 0 saturated heterocycles. The van der Waals surface area contributed by atoms with Crippen molar-refractivity contribution in [3.8, 4) is 10.6 Å². The number of hydrogen-bond donors (Lipinski definition) is 1. The smallest absolute Gasteiger partial charge is 0.263 e. The Morgan fingerprint density at radius 2 is 1.93 bits per heavy atom. The van der Waals surface area contributed by atoms with E-state index in [0.717, 1.165) is 16.3 Å². The Bertz CT molecular complexity index is 924. The Hall–Kier alpha value is -2.21. The lowest BCUT2D eigenvalue weighted by atomic mass is 10.1. The number of likely N-dealkylation sites (N-methyl/N-ethyl adjacent to an activating group) is 1. The fourth-order valence-electron chi connectivity index (χ4n) is 2.90. The molecule has 0 radical (unpaired) electrons. The van der Waals surface area contributed by atoms with Gasteiger partial charge in [0.05, 0.1) is 11.7 Å².